The Balaban J connectivity index is 1.54. The minimum atomic E-state index is -4.80. The Bertz CT molecular complexity index is 1540. The normalized spacial score (nSPS) is 16.4. The van der Waals surface area contributed by atoms with Crippen LogP contribution in [0, 0.1) is 23.1 Å². The number of nitrogens with zero attached hydrogens (tertiary/aromatic N) is 3. The van der Waals surface area contributed by atoms with Crippen LogP contribution in [-0.4, -0.2) is 37.5 Å². The standard InChI is InChI=1S/C32H30F4N4O/c1-41-29-16-24(7-9-26(29)23-4-2-3-21(15-23)18-37)30(22-11-13-40(14-12-22)19-20-5-6-20)31(38)39-25-8-10-27(28(33)17-25)32(34,35)36/h2-4,7-10,15-17,20H,5-6,11-14,19H2,1H3,(H2,38,39). The van der Waals surface area contributed by atoms with E-state index in [1.54, 1.807) is 25.3 Å². The first-order valence-corrected chi connectivity index (χ1v) is 13.5. The van der Waals surface area contributed by atoms with E-state index in [1.807, 2.05) is 24.3 Å². The summed E-state index contributed by atoms with van der Waals surface area (Å²) in [6.07, 6.45) is -0.735. The highest BCUT2D eigenvalue weighted by Crippen LogP contribution is 2.38. The summed E-state index contributed by atoms with van der Waals surface area (Å²) in [4.78, 5) is 6.82. The second kappa shape index (κ2) is 11.8. The number of nitrogens with two attached hydrogens (primary N) is 1. The minimum absolute atomic E-state index is 0.00540. The number of amidine groups is 1. The molecule has 2 N–H and O–H groups in total. The van der Waals surface area contributed by atoms with Gasteiger partial charge < -0.3 is 15.4 Å². The zero-order chi connectivity index (χ0) is 29.1. The smallest absolute Gasteiger partial charge is 0.419 e. The van der Waals surface area contributed by atoms with E-state index in [-0.39, 0.29) is 11.5 Å². The van der Waals surface area contributed by atoms with Gasteiger partial charge in [-0.25, -0.2) is 9.38 Å². The molecule has 0 radical (unpaired) electrons. The summed E-state index contributed by atoms with van der Waals surface area (Å²) in [5.41, 5.74) is 9.81. The fourth-order valence-electron chi connectivity index (χ4n) is 5.29. The number of halogens is 4. The predicted molar refractivity (Wildman–Crippen MR) is 151 cm³/mol. The van der Waals surface area contributed by atoms with Crippen molar-refractivity contribution < 1.29 is 22.3 Å². The first-order chi connectivity index (χ1) is 19.7. The maximum Gasteiger partial charge on any atom is 0.419 e. The highest BCUT2D eigenvalue weighted by Gasteiger charge is 2.34. The van der Waals surface area contributed by atoms with E-state index in [0.717, 1.165) is 72.8 Å². The Labute approximate surface area is 236 Å². The molecule has 9 heteroatoms. The number of nitriles is 1. The van der Waals surface area contributed by atoms with Crippen molar-refractivity contribution in [1.82, 2.24) is 4.90 Å². The van der Waals surface area contributed by atoms with Crippen molar-refractivity contribution >= 4 is 17.1 Å². The molecule has 0 spiro atoms. The molecule has 2 aliphatic rings. The van der Waals surface area contributed by atoms with Crippen LogP contribution in [0.5, 0.6) is 5.75 Å². The molecule has 2 fully saturated rings. The van der Waals surface area contributed by atoms with Crippen molar-refractivity contribution in [1.29, 1.82) is 5.26 Å². The quantitative estimate of drug-likeness (QED) is 0.186. The van der Waals surface area contributed by atoms with Crippen molar-refractivity contribution in [3.05, 3.63) is 88.7 Å². The third-order valence-electron chi connectivity index (χ3n) is 7.58. The molecule has 3 aromatic carbocycles. The van der Waals surface area contributed by atoms with Gasteiger partial charge in [-0.15, -0.1) is 0 Å². The van der Waals surface area contributed by atoms with Gasteiger partial charge in [0.15, 0.2) is 0 Å². The Kier molecular flexibility index (Phi) is 8.13. The fourth-order valence-corrected chi connectivity index (χ4v) is 5.29. The first kappa shape index (κ1) is 28.4. The Morgan fingerprint density at radius 3 is 2.46 bits per heavy atom. The zero-order valence-electron chi connectivity index (χ0n) is 22.6. The molecule has 1 saturated heterocycles. The van der Waals surface area contributed by atoms with Gasteiger partial charge in [-0.2, -0.15) is 18.4 Å². The van der Waals surface area contributed by atoms with Crippen molar-refractivity contribution in [2.24, 2.45) is 16.6 Å². The lowest BCUT2D eigenvalue weighted by atomic mass is 9.90. The van der Waals surface area contributed by atoms with Gasteiger partial charge in [-0.1, -0.05) is 29.8 Å². The molecular formula is C32H30F4N4O. The zero-order valence-corrected chi connectivity index (χ0v) is 22.6. The van der Waals surface area contributed by atoms with Gasteiger partial charge in [-0.05, 0) is 73.1 Å². The Morgan fingerprint density at radius 2 is 1.83 bits per heavy atom. The Hall–Kier alpha value is -4.16. The van der Waals surface area contributed by atoms with Crippen LogP contribution >= 0.6 is 0 Å². The average molecular weight is 563 g/mol. The third kappa shape index (κ3) is 6.60. The summed E-state index contributed by atoms with van der Waals surface area (Å²) < 4.78 is 59.3. The number of benzene rings is 3. The SMILES string of the molecule is COc1cc(C(C(N)=Nc2ccc(C(F)(F)F)c(F)c2)=C2CCN(CC3CC3)CC2)ccc1-c1cccc(C#N)c1. The molecule has 0 bridgehead atoms. The van der Waals surface area contributed by atoms with E-state index in [1.165, 1.54) is 12.8 Å². The summed E-state index contributed by atoms with van der Waals surface area (Å²) in [6, 6.07) is 17.5. The largest absolute Gasteiger partial charge is 0.496 e. The molecule has 41 heavy (non-hydrogen) atoms. The summed E-state index contributed by atoms with van der Waals surface area (Å²) in [6.45, 7) is 2.82. The van der Waals surface area contributed by atoms with Crippen molar-refractivity contribution in [3.63, 3.8) is 0 Å². The molecule has 0 amide bonds. The van der Waals surface area contributed by atoms with Crippen LogP contribution in [0.1, 0.15) is 42.4 Å². The minimum Gasteiger partial charge on any atom is -0.496 e. The summed E-state index contributed by atoms with van der Waals surface area (Å²) >= 11 is 0. The van der Waals surface area contributed by atoms with Crippen LogP contribution in [0.15, 0.2) is 71.2 Å². The fraction of sp³-hybridized carbons (Fsp3) is 0.312. The van der Waals surface area contributed by atoms with Crippen molar-refractivity contribution in [3.8, 4) is 22.9 Å². The van der Waals surface area contributed by atoms with E-state index >= 15 is 0 Å². The summed E-state index contributed by atoms with van der Waals surface area (Å²) in [5, 5.41) is 9.32. The van der Waals surface area contributed by atoms with Crippen LogP contribution in [-0.2, 0) is 6.18 Å². The van der Waals surface area contributed by atoms with Crippen molar-refractivity contribution in [2.45, 2.75) is 31.9 Å². The number of alkyl halides is 3. The van der Waals surface area contributed by atoms with Gasteiger partial charge in [0.05, 0.1) is 30.0 Å². The average Bonchev–Trinajstić information content (AvgIpc) is 3.77. The lowest BCUT2D eigenvalue weighted by Gasteiger charge is -2.30. The topological polar surface area (TPSA) is 74.6 Å². The van der Waals surface area contributed by atoms with E-state index in [9.17, 15) is 22.8 Å². The van der Waals surface area contributed by atoms with Crippen LogP contribution < -0.4 is 10.5 Å². The molecule has 1 saturated carbocycles. The molecule has 5 rings (SSSR count). The van der Waals surface area contributed by atoms with Gasteiger partial charge in [0.25, 0.3) is 0 Å². The molecule has 0 aromatic heterocycles. The lowest BCUT2D eigenvalue weighted by Crippen LogP contribution is -2.33. The molecule has 3 aromatic rings. The molecule has 1 heterocycles. The summed E-state index contributed by atoms with van der Waals surface area (Å²) in [7, 11) is 1.56. The lowest BCUT2D eigenvalue weighted by molar-refractivity contribution is -0.139. The number of hydrogen-bond acceptors (Lipinski definition) is 4. The molecule has 0 atom stereocenters. The second-order valence-electron chi connectivity index (χ2n) is 10.5. The van der Waals surface area contributed by atoms with Gasteiger partial charge in [0.2, 0.25) is 0 Å². The molecule has 5 nitrogen and oxygen atoms in total. The van der Waals surface area contributed by atoms with Gasteiger partial charge in [0.1, 0.15) is 17.4 Å². The van der Waals surface area contributed by atoms with Crippen molar-refractivity contribution in [2.75, 3.05) is 26.7 Å². The van der Waals surface area contributed by atoms with Gasteiger partial charge >= 0.3 is 6.18 Å². The first-order valence-electron chi connectivity index (χ1n) is 13.5. The Morgan fingerprint density at radius 1 is 1.07 bits per heavy atom. The highest BCUT2D eigenvalue weighted by atomic mass is 19.4. The number of likely N-dealkylation sites (tertiary alicyclic amines) is 1. The maximum atomic E-state index is 14.3. The second-order valence-corrected chi connectivity index (χ2v) is 10.5. The number of ether oxygens (including phenoxy) is 1. The molecule has 212 valence electrons. The van der Waals surface area contributed by atoms with Crippen LogP contribution in [0.3, 0.4) is 0 Å². The number of hydrogen-bond donors (Lipinski definition) is 1. The van der Waals surface area contributed by atoms with Crippen LogP contribution in [0.2, 0.25) is 0 Å². The molecule has 1 aliphatic heterocycles. The molecular weight excluding hydrogens is 532 g/mol. The molecule has 1 aliphatic carbocycles. The predicted octanol–water partition coefficient (Wildman–Crippen LogP) is 7.34. The van der Waals surface area contributed by atoms with E-state index in [0.29, 0.717) is 23.0 Å². The van der Waals surface area contributed by atoms with E-state index in [4.69, 9.17) is 10.5 Å². The van der Waals surface area contributed by atoms with Crippen LogP contribution in [0.25, 0.3) is 16.7 Å². The molecule has 0 unspecified atom stereocenters. The van der Waals surface area contributed by atoms with Crippen LogP contribution in [0.4, 0.5) is 23.2 Å². The number of aliphatic imine (C=N–C) groups is 1. The highest BCUT2D eigenvalue weighted by molar-refractivity contribution is 6.23. The number of rotatable bonds is 7. The van der Waals surface area contributed by atoms with E-state index in [2.05, 4.69) is 16.0 Å². The number of piperidine rings is 1. The van der Waals surface area contributed by atoms with Gasteiger partial charge in [-0.3, -0.25) is 0 Å². The monoisotopic (exact) mass is 562 g/mol. The van der Waals surface area contributed by atoms with E-state index < -0.39 is 17.6 Å². The maximum absolute atomic E-state index is 14.3. The third-order valence-corrected chi connectivity index (χ3v) is 7.58. The van der Waals surface area contributed by atoms with Gasteiger partial charge in [0, 0.05) is 36.8 Å². The number of methoxy groups -OCH3 is 1. The summed E-state index contributed by atoms with van der Waals surface area (Å²) in [5.74, 6) is 0.0311.